The summed E-state index contributed by atoms with van der Waals surface area (Å²) in [5.41, 5.74) is 7.01. The molecule has 2 aromatic carbocycles. The number of nitrogens with zero attached hydrogens (tertiary/aromatic N) is 1. The van der Waals surface area contributed by atoms with E-state index in [-0.39, 0.29) is 30.4 Å². The molecule has 0 aliphatic heterocycles. The van der Waals surface area contributed by atoms with Gasteiger partial charge in [0.2, 0.25) is 0 Å². The van der Waals surface area contributed by atoms with E-state index in [1.54, 1.807) is 49.4 Å². The first-order chi connectivity index (χ1) is 16.2. The Morgan fingerprint density at radius 3 is 2.50 bits per heavy atom. The predicted octanol–water partition coefficient (Wildman–Crippen LogP) is 4.50. The van der Waals surface area contributed by atoms with Crippen molar-refractivity contribution >= 4 is 25.3 Å². The number of para-hydroxylation sites is 1. The lowest BCUT2D eigenvalue weighted by Gasteiger charge is -2.23. The van der Waals surface area contributed by atoms with Crippen LogP contribution in [0.4, 0.5) is 0 Å². The molecule has 0 saturated heterocycles. The van der Waals surface area contributed by atoms with Crippen LogP contribution in [0.15, 0.2) is 60.8 Å². The third-order valence-electron chi connectivity index (χ3n) is 4.73. The van der Waals surface area contributed by atoms with E-state index >= 15 is 0 Å². The van der Waals surface area contributed by atoms with E-state index < -0.39 is 19.8 Å². The van der Waals surface area contributed by atoms with Crippen molar-refractivity contribution in [2.45, 2.75) is 33.0 Å². The summed E-state index contributed by atoms with van der Waals surface area (Å²) < 4.78 is 30.2. The van der Waals surface area contributed by atoms with Gasteiger partial charge < -0.3 is 20.1 Å². The molecule has 11 heteroatoms. The number of carbonyl (C=O) groups is 1. The Labute approximate surface area is 202 Å². The highest BCUT2D eigenvalue weighted by atomic mass is 35.5. The zero-order chi connectivity index (χ0) is 24.7. The van der Waals surface area contributed by atoms with Crippen molar-refractivity contribution in [1.29, 1.82) is 0 Å². The van der Waals surface area contributed by atoms with Crippen molar-refractivity contribution in [3.05, 3.63) is 82.6 Å². The maximum atomic E-state index is 13.6. The monoisotopic (exact) mass is 505 g/mol. The number of aromatic nitrogens is 1. The number of rotatable bonds is 10. The van der Waals surface area contributed by atoms with Gasteiger partial charge in [0.15, 0.2) is 0 Å². The molecule has 3 rings (SSSR count). The summed E-state index contributed by atoms with van der Waals surface area (Å²) in [7, 11) is -4.11. The van der Waals surface area contributed by atoms with Crippen LogP contribution in [0.25, 0.3) is 0 Å². The lowest BCUT2D eigenvalue weighted by atomic mass is 10.1. The van der Waals surface area contributed by atoms with Gasteiger partial charge >= 0.3 is 13.7 Å². The van der Waals surface area contributed by atoms with Crippen LogP contribution in [0.1, 0.15) is 23.7 Å². The molecule has 4 N–H and O–H groups in total. The topological polar surface area (TPSA) is 133 Å². The third kappa shape index (κ3) is 6.79. The largest absolute Gasteiger partial charge is 0.506 e. The van der Waals surface area contributed by atoms with Crippen LogP contribution < -0.4 is 20.1 Å². The van der Waals surface area contributed by atoms with Crippen molar-refractivity contribution < 1.29 is 28.3 Å². The number of hydrogen-bond donors (Lipinski definition) is 3. The number of aryl methyl sites for hydroxylation is 1. The molecule has 2 atom stereocenters. The van der Waals surface area contributed by atoms with E-state index in [0.717, 1.165) is 0 Å². The molecule has 1 aromatic heterocycles. The fourth-order valence-corrected chi connectivity index (χ4v) is 4.49. The Kier molecular flexibility index (Phi) is 8.66. The number of aromatic hydroxyl groups is 1. The van der Waals surface area contributed by atoms with Crippen LogP contribution >= 0.6 is 19.3 Å². The van der Waals surface area contributed by atoms with Gasteiger partial charge in [0, 0.05) is 28.9 Å². The minimum Gasteiger partial charge on any atom is -0.506 e. The molecule has 180 valence electrons. The highest BCUT2D eigenvalue weighted by molar-refractivity contribution is 7.52. The Morgan fingerprint density at radius 2 is 1.85 bits per heavy atom. The normalized spacial score (nSPS) is 13.6. The third-order valence-corrected chi connectivity index (χ3v) is 6.61. The molecule has 1 unspecified atom stereocenters. The van der Waals surface area contributed by atoms with E-state index in [2.05, 4.69) is 10.1 Å². The highest BCUT2D eigenvalue weighted by Gasteiger charge is 2.33. The van der Waals surface area contributed by atoms with Crippen molar-refractivity contribution in [2.75, 3.05) is 0 Å². The Balaban J connectivity index is 1.78. The summed E-state index contributed by atoms with van der Waals surface area (Å²) in [5, 5.41) is 13.3. The van der Waals surface area contributed by atoms with Gasteiger partial charge in [-0.05, 0) is 50.2 Å². The average molecular weight is 506 g/mol. The standard InChI is InChI=1S/C23H25ClN3O6P/c1-15-22(28)21(12-25)17(13-26-15)14-31-34(30,33-20-6-4-3-5-7-20)27-16(2)23(29)32-19-10-8-18(24)9-11-19/h3-11,13,16,28H,12,14,25H2,1-2H3,(H,27,30)/t16-,34?/m0/s1. The number of hydrogen-bond acceptors (Lipinski definition) is 8. The number of halogens is 1. The van der Waals surface area contributed by atoms with Gasteiger partial charge in [-0.25, -0.2) is 9.36 Å². The van der Waals surface area contributed by atoms with Crippen LogP contribution in [0.5, 0.6) is 17.2 Å². The molecule has 0 saturated carbocycles. The number of pyridine rings is 1. The van der Waals surface area contributed by atoms with Gasteiger partial charge in [-0.1, -0.05) is 29.8 Å². The van der Waals surface area contributed by atoms with E-state index in [1.807, 2.05) is 0 Å². The quantitative estimate of drug-likeness (QED) is 0.207. The fraction of sp³-hybridized carbons (Fsp3) is 0.217. The van der Waals surface area contributed by atoms with Crippen LogP contribution in [-0.4, -0.2) is 22.1 Å². The summed E-state index contributed by atoms with van der Waals surface area (Å²) in [6, 6.07) is 13.5. The van der Waals surface area contributed by atoms with Gasteiger partial charge in [0.05, 0.1) is 12.3 Å². The number of nitrogens with one attached hydrogen (secondary N) is 1. The molecule has 9 nitrogen and oxygen atoms in total. The zero-order valence-corrected chi connectivity index (χ0v) is 20.3. The van der Waals surface area contributed by atoms with Gasteiger partial charge in [-0.3, -0.25) is 9.51 Å². The van der Waals surface area contributed by atoms with Crippen molar-refractivity contribution in [2.24, 2.45) is 5.73 Å². The fourth-order valence-electron chi connectivity index (χ4n) is 2.90. The van der Waals surface area contributed by atoms with Crippen LogP contribution in [0, 0.1) is 6.92 Å². The van der Waals surface area contributed by atoms with E-state index in [0.29, 0.717) is 21.8 Å². The summed E-state index contributed by atoms with van der Waals surface area (Å²) in [6.07, 6.45) is 1.47. The van der Waals surface area contributed by atoms with E-state index in [9.17, 15) is 14.5 Å². The molecule has 0 aliphatic carbocycles. The van der Waals surface area contributed by atoms with Crippen molar-refractivity contribution in [3.63, 3.8) is 0 Å². The summed E-state index contributed by atoms with van der Waals surface area (Å²) >= 11 is 5.85. The second kappa shape index (κ2) is 11.5. The molecule has 0 aliphatic rings. The minimum atomic E-state index is -4.11. The Morgan fingerprint density at radius 1 is 1.18 bits per heavy atom. The number of ether oxygens (including phenoxy) is 1. The summed E-state index contributed by atoms with van der Waals surface area (Å²) in [6.45, 7) is 2.88. The molecular formula is C23H25ClN3O6P. The lowest BCUT2D eigenvalue weighted by Crippen LogP contribution is -2.36. The number of carbonyl (C=O) groups excluding carboxylic acids is 1. The summed E-state index contributed by atoms with van der Waals surface area (Å²) in [5.74, 6) is -0.229. The molecule has 0 bridgehead atoms. The lowest BCUT2D eigenvalue weighted by molar-refractivity contribution is -0.135. The molecule has 1 heterocycles. The van der Waals surface area contributed by atoms with Crippen LogP contribution in [0.3, 0.4) is 0 Å². The molecular weight excluding hydrogens is 481 g/mol. The van der Waals surface area contributed by atoms with E-state index in [1.165, 1.54) is 25.3 Å². The zero-order valence-electron chi connectivity index (χ0n) is 18.6. The minimum absolute atomic E-state index is 0.0228. The van der Waals surface area contributed by atoms with E-state index in [4.69, 9.17) is 31.1 Å². The van der Waals surface area contributed by atoms with Crippen molar-refractivity contribution in [1.82, 2.24) is 10.1 Å². The predicted molar refractivity (Wildman–Crippen MR) is 128 cm³/mol. The second-order valence-electron chi connectivity index (χ2n) is 7.30. The molecule has 0 amide bonds. The van der Waals surface area contributed by atoms with Gasteiger partial charge in [0.1, 0.15) is 23.3 Å². The SMILES string of the molecule is Cc1ncc(COP(=O)(N[C@@H](C)C(=O)Oc2ccc(Cl)cc2)Oc2ccccc2)c(CN)c1O. The van der Waals surface area contributed by atoms with Crippen LogP contribution in [-0.2, 0) is 27.0 Å². The maximum Gasteiger partial charge on any atom is 0.459 e. The van der Waals surface area contributed by atoms with Crippen molar-refractivity contribution in [3.8, 4) is 17.2 Å². The molecule has 0 radical (unpaired) electrons. The van der Waals surface area contributed by atoms with Gasteiger partial charge in [0.25, 0.3) is 0 Å². The number of benzene rings is 2. The smallest absolute Gasteiger partial charge is 0.459 e. The molecule has 0 fully saturated rings. The molecule has 0 spiro atoms. The maximum absolute atomic E-state index is 13.6. The summed E-state index contributed by atoms with van der Waals surface area (Å²) in [4.78, 5) is 16.7. The number of esters is 1. The Bertz CT molecular complexity index is 1180. The molecule has 34 heavy (non-hydrogen) atoms. The first-order valence-corrected chi connectivity index (χ1v) is 12.2. The second-order valence-corrected chi connectivity index (χ2v) is 9.43. The first-order valence-electron chi connectivity index (χ1n) is 10.3. The molecule has 3 aromatic rings. The first kappa shape index (κ1) is 25.7. The van der Waals surface area contributed by atoms with Gasteiger partial charge in [-0.2, -0.15) is 5.09 Å². The van der Waals surface area contributed by atoms with Crippen LogP contribution in [0.2, 0.25) is 5.02 Å². The average Bonchev–Trinajstić information content (AvgIpc) is 2.82. The Hall–Kier alpha value is -2.94. The number of nitrogens with two attached hydrogens (primary N) is 1. The highest BCUT2D eigenvalue weighted by Crippen LogP contribution is 2.46. The van der Waals surface area contributed by atoms with Gasteiger partial charge in [-0.15, -0.1) is 0 Å².